The molecule has 1 aromatic rings. The van der Waals surface area contributed by atoms with Crippen LogP contribution in [0.1, 0.15) is 52.2 Å². The molecule has 0 aromatic heterocycles. The molecule has 0 saturated carbocycles. The van der Waals surface area contributed by atoms with Gasteiger partial charge in [0.15, 0.2) is 8.32 Å². The predicted molar refractivity (Wildman–Crippen MR) is 88.0 cm³/mol. The van der Waals surface area contributed by atoms with E-state index in [2.05, 4.69) is 19.9 Å². The fourth-order valence-corrected chi connectivity index (χ4v) is 3.30. The highest BCUT2D eigenvalue weighted by atomic mass is 28.4. The number of rotatable bonds is 4. The Bertz CT molecular complexity index is 503. The van der Waals surface area contributed by atoms with E-state index in [-0.39, 0.29) is 11.1 Å². The van der Waals surface area contributed by atoms with E-state index in [1.807, 2.05) is 45.1 Å². The Morgan fingerprint density at radius 1 is 1.24 bits per heavy atom. The van der Waals surface area contributed by atoms with Crippen molar-refractivity contribution >= 4 is 8.32 Å². The van der Waals surface area contributed by atoms with Crippen LogP contribution < -0.4 is 4.74 Å². The minimum absolute atomic E-state index is 0.0283. The molecule has 2 rings (SSSR count). The fourth-order valence-electron chi connectivity index (χ4n) is 2.55. The third-order valence-corrected chi connectivity index (χ3v) is 8.30. The number of para-hydroxylation sites is 1. The lowest BCUT2D eigenvalue weighted by atomic mass is 9.97. The topological polar surface area (TPSA) is 38.7 Å². The van der Waals surface area contributed by atoms with Gasteiger partial charge in [-0.2, -0.15) is 0 Å². The van der Waals surface area contributed by atoms with Crippen molar-refractivity contribution in [2.24, 2.45) is 0 Å². The fraction of sp³-hybridized carbons (Fsp3) is 0.647. The third-order valence-electron chi connectivity index (χ3n) is 4.74. The lowest BCUT2D eigenvalue weighted by Gasteiger charge is -2.40. The molecule has 1 aliphatic rings. The van der Waals surface area contributed by atoms with Crippen molar-refractivity contribution in [3.05, 3.63) is 29.8 Å². The Morgan fingerprint density at radius 2 is 1.86 bits per heavy atom. The van der Waals surface area contributed by atoms with Gasteiger partial charge in [0, 0.05) is 19.4 Å². The molecule has 3 nitrogen and oxygen atoms in total. The van der Waals surface area contributed by atoms with E-state index >= 15 is 0 Å². The summed E-state index contributed by atoms with van der Waals surface area (Å²) in [5, 5.41) is -0.0340. The second-order valence-electron chi connectivity index (χ2n) is 7.63. The van der Waals surface area contributed by atoms with Gasteiger partial charge in [-0.15, -0.1) is 0 Å². The first-order valence-electron chi connectivity index (χ1n) is 7.70. The van der Waals surface area contributed by atoms with Gasteiger partial charge in [-0.25, -0.2) is 0 Å². The second kappa shape index (κ2) is 5.41. The Morgan fingerprint density at radius 3 is 2.48 bits per heavy atom. The monoisotopic (exact) mass is 308 g/mol. The van der Waals surface area contributed by atoms with Crippen LogP contribution in [0.2, 0.25) is 18.1 Å². The van der Waals surface area contributed by atoms with Gasteiger partial charge in [-0.1, -0.05) is 32.0 Å². The molecule has 1 N–H and O–H groups in total. The zero-order valence-corrected chi connectivity index (χ0v) is 15.1. The molecule has 0 spiro atoms. The summed E-state index contributed by atoms with van der Waals surface area (Å²) < 4.78 is 12.0. The van der Waals surface area contributed by atoms with Crippen LogP contribution in [0.15, 0.2) is 24.3 Å². The van der Waals surface area contributed by atoms with Crippen molar-refractivity contribution in [3.63, 3.8) is 0 Å². The van der Waals surface area contributed by atoms with Crippen LogP contribution in [0.3, 0.4) is 0 Å². The number of hydrogen-bond acceptors (Lipinski definition) is 3. The van der Waals surface area contributed by atoms with E-state index < -0.39 is 14.1 Å². The van der Waals surface area contributed by atoms with Crippen molar-refractivity contribution in [2.75, 3.05) is 0 Å². The van der Waals surface area contributed by atoms with Crippen molar-refractivity contribution in [2.45, 2.75) is 70.6 Å². The number of hydrogen-bond donors (Lipinski definition) is 1. The van der Waals surface area contributed by atoms with E-state index in [0.29, 0.717) is 0 Å². The van der Waals surface area contributed by atoms with E-state index in [1.165, 1.54) is 0 Å². The van der Waals surface area contributed by atoms with Crippen LogP contribution in [-0.2, 0) is 4.74 Å². The SMILES string of the molecule is CC1(C)Oc2ccccc2C(CCC(C)(C)[Si](C)(C)O)O1. The standard InChI is InChI=1S/C17H28O3Si/c1-16(2,21(5,6)18)12-11-15-13-9-7-8-10-14(13)19-17(3,4)20-15/h7-10,15,18H,11-12H2,1-6H3. The molecule has 21 heavy (non-hydrogen) atoms. The van der Waals surface area contributed by atoms with Crippen molar-refractivity contribution in [3.8, 4) is 5.75 Å². The smallest absolute Gasteiger partial charge is 0.205 e. The third kappa shape index (κ3) is 3.68. The zero-order chi connectivity index (χ0) is 15.9. The van der Waals surface area contributed by atoms with Crippen molar-refractivity contribution < 1.29 is 14.3 Å². The first kappa shape index (κ1) is 16.5. The maximum absolute atomic E-state index is 10.4. The highest BCUT2D eigenvalue weighted by Crippen LogP contribution is 2.46. The maximum atomic E-state index is 10.4. The van der Waals surface area contributed by atoms with E-state index in [0.717, 1.165) is 24.2 Å². The molecule has 0 amide bonds. The lowest BCUT2D eigenvalue weighted by Crippen LogP contribution is -2.40. The molecule has 1 heterocycles. The molecule has 0 bridgehead atoms. The van der Waals surface area contributed by atoms with Gasteiger partial charge in [-0.05, 0) is 37.0 Å². The average Bonchev–Trinajstić information content (AvgIpc) is 2.33. The van der Waals surface area contributed by atoms with Crippen LogP contribution in [0.5, 0.6) is 5.75 Å². The van der Waals surface area contributed by atoms with Gasteiger partial charge in [0.2, 0.25) is 5.79 Å². The summed E-state index contributed by atoms with van der Waals surface area (Å²) in [7, 11) is -2.18. The normalized spacial score (nSPS) is 21.6. The first-order valence-corrected chi connectivity index (χ1v) is 10.6. The predicted octanol–water partition coefficient (Wildman–Crippen LogP) is 4.63. The summed E-state index contributed by atoms with van der Waals surface area (Å²) >= 11 is 0. The second-order valence-corrected chi connectivity index (χ2v) is 12.1. The molecule has 1 aliphatic heterocycles. The molecule has 1 unspecified atom stereocenters. The van der Waals surface area contributed by atoms with Gasteiger partial charge in [-0.3, -0.25) is 0 Å². The largest absolute Gasteiger partial charge is 0.463 e. The first-order chi connectivity index (χ1) is 9.52. The molecule has 0 fully saturated rings. The van der Waals surface area contributed by atoms with Crippen molar-refractivity contribution in [1.82, 2.24) is 0 Å². The van der Waals surface area contributed by atoms with Crippen LogP contribution in [-0.4, -0.2) is 18.9 Å². The Kier molecular flexibility index (Phi) is 4.26. The number of ether oxygens (including phenoxy) is 2. The summed E-state index contributed by atoms with van der Waals surface area (Å²) in [6.45, 7) is 12.2. The van der Waals surface area contributed by atoms with Crippen LogP contribution >= 0.6 is 0 Å². The quantitative estimate of drug-likeness (QED) is 0.824. The molecule has 0 saturated heterocycles. The lowest BCUT2D eigenvalue weighted by molar-refractivity contribution is -0.209. The summed E-state index contributed by atoms with van der Waals surface area (Å²) in [6, 6.07) is 8.09. The van der Waals surface area contributed by atoms with Crippen LogP contribution in [0, 0.1) is 0 Å². The Hall–Kier alpha value is -0.843. The summed E-state index contributed by atoms with van der Waals surface area (Å²) in [6.07, 6.45) is 1.87. The summed E-state index contributed by atoms with van der Waals surface area (Å²) in [4.78, 5) is 10.4. The molecule has 118 valence electrons. The highest BCUT2D eigenvalue weighted by molar-refractivity contribution is 6.72. The molecule has 0 radical (unpaired) electrons. The molecule has 0 aliphatic carbocycles. The van der Waals surface area contributed by atoms with Gasteiger partial charge in [0.05, 0.1) is 6.10 Å². The number of fused-ring (bicyclic) bond motifs is 1. The Labute approximate surface area is 129 Å². The summed E-state index contributed by atoms with van der Waals surface area (Å²) in [5.74, 6) is 0.312. The maximum Gasteiger partial charge on any atom is 0.205 e. The molecule has 1 aromatic carbocycles. The van der Waals surface area contributed by atoms with Crippen LogP contribution in [0.4, 0.5) is 0 Å². The minimum atomic E-state index is -2.18. The highest BCUT2D eigenvalue weighted by Gasteiger charge is 2.40. The number of benzene rings is 1. The van der Waals surface area contributed by atoms with Gasteiger partial charge in [0.1, 0.15) is 5.75 Å². The van der Waals surface area contributed by atoms with Crippen molar-refractivity contribution in [1.29, 1.82) is 0 Å². The van der Waals surface area contributed by atoms with Gasteiger partial charge >= 0.3 is 0 Å². The molecule has 1 atom stereocenters. The van der Waals surface area contributed by atoms with Gasteiger partial charge in [0.25, 0.3) is 0 Å². The molecule has 4 heteroatoms. The Balaban J connectivity index is 2.17. The van der Waals surface area contributed by atoms with Crippen LogP contribution in [0.25, 0.3) is 0 Å². The van der Waals surface area contributed by atoms with Gasteiger partial charge < -0.3 is 14.3 Å². The van der Waals surface area contributed by atoms with E-state index in [4.69, 9.17) is 9.47 Å². The van der Waals surface area contributed by atoms with E-state index in [1.54, 1.807) is 0 Å². The zero-order valence-electron chi connectivity index (χ0n) is 14.1. The van der Waals surface area contributed by atoms with E-state index in [9.17, 15) is 4.80 Å². The summed E-state index contributed by atoms with van der Waals surface area (Å²) in [5.41, 5.74) is 1.12. The minimum Gasteiger partial charge on any atom is -0.463 e. The average molecular weight is 308 g/mol. The molecular formula is C17H28O3Si. The molecular weight excluding hydrogens is 280 g/mol.